The Morgan fingerprint density at radius 3 is 2.61 bits per heavy atom. The molecule has 0 radical (unpaired) electrons. The second kappa shape index (κ2) is 9.18. The van der Waals surface area contributed by atoms with Gasteiger partial charge in [-0.15, -0.1) is 0 Å². The lowest BCUT2D eigenvalue weighted by Crippen LogP contribution is -2.23. The van der Waals surface area contributed by atoms with Crippen LogP contribution >= 0.6 is 11.6 Å². The summed E-state index contributed by atoms with van der Waals surface area (Å²) in [5.74, 6) is 1.39. The highest BCUT2D eigenvalue weighted by Gasteiger charge is 2.02. The summed E-state index contributed by atoms with van der Waals surface area (Å²) in [7, 11) is 1.59. The molecule has 0 heterocycles. The second-order valence-corrected chi connectivity index (χ2v) is 5.46. The molecule has 0 bridgehead atoms. The zero-order valence-corrected chi connectivity index (χ0v) is 13.9. The summed E-state index contributed by atoms with van der Waals surface area (Å²) >= 11 is 5.86. The highest BCUT2D eigenvalue weighted by molar-refractivity contribution is 6.30. The number of nitrogens with one attached hydrogen (secondary N) is 2. The van der Waals surface area contributed by atoms with Gasteiger partial charge in [0.25, 0.3) is 0 Å². The lowest BCUT2D eigenvalue weighted by Gasteiger charge is -2.10. The van der Waals surface area contributed by atoms with Crippen LogP contribution in [0.3, 0.4) is 0 Å². The van der Waals surface area contributed by atoms with E-state index in [1.165, 1.54) is 11.8 Å². The molecule has 0 spiro atoms. The maximum Gasteiger partial charge on any atom is 0.131 e. The molecule has 2 N–H and O–H groups in total. The molecule has 0 atom stereocenters. The molecule has 0 saturated carbocycles. The molecule has 0 aromatic heterocycles. The van der Waals surface area contributed by atoms with Crippen LogP contribution in [0.1, 0.15) is 11.1 Å². The van der Waals surface area contributed by atoms with Crippen molar-refractivity contribution in [3.05, 3.63) is 58.6 Å². The average Bonchev–Trinajstić information content (AvgIpc) is 2.59. The number of halogens is 1. The van der Waals surface area contributed by atoms with E-state index in [1.807, 2.05) is 36.4 Å². The number of ether oxygens (including phenoxy) is 2. The van der Waals surface area contributed by atoms with Crippen LogP contribution < -0.4 is 14.8 Å². The quantitative estimate of drug-likeness (QED) is 0.545. The maximum absolute atomic E-state index is 7.29. The fourth-order valence-corrected chi connectivity index (χ4v) is 2.28. The van der Waals surface area contributed by atoms with Crippen molar-refractivity contribution in [1.82, 2.24) is 5.32 Å². The third-order valence-corrected chi connectivity index (χ3v) is 3.66. The average molecular weight is 333 g/mol. The standard InChI is InChI=1S/C18H21ClN2O2/c1-22-18-12-17(7-4-15(18)13-20)23-11-10-21-9-8-14-2-5-16(19)6-3-14/h2-7,12-13,20-21H,8-11H2,1H3. The van der Waals surface area contributed by atoms with Crippen LogP contribution in [0.4, 0.5) is 0 Å². The van der Waals surface area contributed by atoms with E-state index in [9.17, 15) is 0 Å². The summed E-state index contributed by atoms with van der Waals surface area (Å²) in [6, 6.07) is 13.4. The molecule has 2 aromatic carbocycles. The monoisotopic (exact) mass is 332 g/mol. The van der Waals surface area contributed by atoms with Crippen molar-refractivity contribution in [1.29, 1.82) is 5.41 Å². The van der Waals surface area contributed by atoms with Gasteiger partial charge in [0.2, 0.25) is 0 Å². The van der Waals surface area contributed by atoms with Gasteiger partial charge in [0, 0.05) is 29.4 Å². The van der Waals surface area contributed by atoms with Crippen LogP contribution in [0.15, 0.2) is 42.5 Å². The molecule has 0 aliphatic heterocycles. The van der Waals surface area contributed by atoms with Gasteiger partial charge in [-0.25, -0.2) is 0 Å². The van der Waals surface area contributed by atoms with Gasteiger partial charge in [-0.1, -0.05) is 23.7 Å². The second-order valence-electron chi connectivity index (χ2n) is 5.02. The van der Waals surface area contributed by atoms with E-state index >= 15 is 0 Å². The minimum Gasteiger partial charge on any atom is -0.496 e. The Morgan fingerprint density at radius 2 is 1.91 bits per heavy atom. The summed E-state index contributed by atoms with van der Waals surface area (Å²) in [4.78, 5) is 0. The van der Waals surface area contributed by atoms with Gasteiger partial charge >= 0.3 is 0 Å². The molecular weight excluding hydrogens is 312 g/mol. The van der Waals surface area contributed by atoms with Crippen molar-refractivity contribution in [2.24, 2.45) is 0 Å². The van der Waals surface area contributed by atoms with Crippen molar-refractivity contribution in [2.45, 2.75) is 6.42 Å². The van der Waals surface area contributed by atoms with Crippen LogP contribution in [0.5, 0.6) is 11.5 Å². The first-order valence-corrected chi connectivity index (χ1v) is 7.87. The van der Waals surface area contributed by atoms with E-state index in [4.69, 9.17) is 26.5 Å². The molecule has 2 rings (SSSR count). The largest absolute Gasteiger partial charge is 0.496 e. The first-order chi connectivity index (χ1) is 11.2. The molecule has 122 valence electrons. The smallest absolute Gasteiger partial charge is 0.131 e. The highest BCUT2D eigenvalue weighted by Crippen LogP contribution is 2.23. The Kier molecular flexibility index (Phi) is 6.91. The summed E-state index contributed by atoms with van der Waals surface area (Å²) in [6.45, 7) is 2.23. The van der Waals surface area contributed by atoms with Crippen LogP contribution in [0, 0.1) is 5.41 Å². The molecule has 0 aliphatic carbocycles. The number of benzene rings is 2. The van der Waals surface area contributed by atoms with Crippen molar-refractivity contribution in [3.8, 4) is 11.5 Å². The zero-order valence-electron chi connectivity index (χ0n) is 13.1. The van der Waals surface area contributed by atoms with Gasteiger partial charge in [-0.3, -0.25) is 0 Å². The van der Waals surface area contributed by atoms with Gasteiger partial charge in [0.05, 0.1) is 7.11 Å². The fraction of sp³-hybridized carbons (Fsp3) is 0.278. The minimum absolute atomic E-state index is 0.577. The Labute approximate surface area is 141 Å². The Hall–Kier alpha value is -2.04. The zero-order chi connectivity index (χ0) is 16.5. The highest BCUT2D eigenvalue weighted by atomic mass is 35.5. The van der Waals surface area contributed by atoms with Gasteiger partial charge in [0.15, 0.2) is 0 Å². The van der Waals surface area contributed by atoms with Crippen LogP contribution in [-0.2, 0) is 6.42 Å². The Bertz CT molecular complexity index is 629. The Balaban J connectivity index is 1.67. The summed E-state index contributed by atoms with van der Waals surface area (Å²) in [6.07, 6.45) is 2.22. The molecule has 2 aromatic rings. The topological polar surface area (TPSA) is 54.3 Å². The van der Waals surface area contributed by atoms with Crippen molar-refractivity contribution >= 4 is 17.8 Å². The van der Waals surface area contributed by atoms with E-state index < -0.39 is 0 Å². The molecule has 0 aliphatic rings. The van der Waals surface area contributed by atoms with Gasteiger partial charge in [-0.2, -0.15) is 0 Å². The van der Waals surface area contributed by atoms with Gasteiger partial charge < -0.3 is 20.2 Å². The first kappa shape index (κ1) is 17.3. The van der Waals surface area contributed by atoms with Gasteiger partial charge in [0.1, 0.15) is 18.1 Å². The molecule has 5 heteroatoms. The SMILES string of the molecule is COc1cc(OCCNCCc2ccc(Cl)cc2)ccc1C=N. The maximum atomic E-state index is 7.29. The molecule has 4 nitrogen and oxygen atoms in total. The minimum atomic E-state index is 0.577. The number of rotatable bonds is 9. The van der Waals surface area contributed by atoms with E-state index in [2.05, 4.69) is 5.32 Å². The van der Waals surface area contributed by atoms with Crippen LogP contribution in [0.2, 0.25) is 5.02 Å². The predicted octanol–water partition coefficient (Wildman–Crippen LogP) is 3.56. The molecule has 23 heavy (non-hydrogen) atoms. The third-order valence-electron chi connectivity index (χ3n) is 3.41. The Morgan fingerprint density at radius 1 is 1.13 bits per heavy atom. The van der Waals surface area contributed by atoms with E-state index in [0.29, 0.717) is 12.4 Å². The molecule has 0 unspecified atom stereocenters. The lowest BCUT2D eigenvalue weighted by atomic mass is 10.1. The summed E-state index contributed by atoms with van der Waals surface area (Å²) in [5.41, 5.74) is 2.00. The van der Waals surface area contributed by atoms with E-state index in [-0.39, 0.29) is 0 Å². The molecule has 0 saturated heterocycles. The number of hydrogen-bond acceptors (Lipinski definition) is 4. The van der Waals surface area contributed by atoms with Crippen LogP contribution in [0.25, 0.3) is 0 Å². The molecular formula is C18H21ClN2O2. The van der Waals surface area contributed by atoms with Crippen molar-refractivity contribution in [3.63, 3.8) is 0 Å². The first-order valence-electron chi connectivity index (χ1n) is 7.49. The normalized spacial score (nSPS) is 10.3. The predicted molar refractivity (Wildman–Crippen MR) is 94.4 cm³/mol. The van der Waals surface area contributed by atoms with Crippen molar-refractivity contribution in [2.75, 3.05) is 26.8 Å². The van der Waals surface area contributed by atoms with Crippen LogP contribution in [-0.4, -0.2) is 33.0 Å². The fourth-order valence-electron chi connectivity index (χ4n) is 2.15. The number of hydrogen-bond donors (Lipinski definition) is 2. The summed E-state index contributed by atoms with van der Waals surface area (Å²) < 4.78 is 10.9. The van der Waals surface area contributed by atoms with Crippen molar-refractivity contribution < 1.29 is 9.47 Å². The lowest BCUT2D eigenvalue weighted by molar-refractivity contribution is 0.312. The van der Waals surface area contributed by atoms with E-state index in [1.54, 1.807) is 13.2 Å². The molecule has 0 fully saturated rings. The third kappa shape index (κ3) is 5.58. The number of methoxy groups -OCH3 is 1. The van der Waals surface area contributed by atoms with E-state index in [0.717, 1.165) is 35.8 Å². The van der Waals surface area contributed by atoms with Gasteiger partial charge in [-0.05, 0) is 42.8 Å². The molecule has 0 amide bonds. The summed E-state index contributed by atoms with van der Waals surface area (Å²) in [5, 5.41) is 11.4.